The lowest BCUT2D eigenvalue weighted by atomic mass is 9.90. The van der Waals surface area contributed by atoms with Gasteiger partial charge in [0.15, 0.2) is 0 Å². The van der Waals surface area contributed by atoms with Crippen molar-refractivity contribution in [2.45, 2.75) is 10.8 Å². The number of halogens is 1. The quantitative estimate of drug-likeness (QED) is 0.442. The number of fused-ring (bicyclic) bond motifs is 1. The number of hydrogen-bond acceptors (Lipinski definition) is 4. The fourth-order valence-corrected chi connectivity index (χ4v) is 4.12. The lowest BCUT2D eigenvalue weighted by Crippen LogP contribution is -2.40. The predicted molar refractivity (Wildman–Crippen MR) is 121 cm³/mol. The van der Waals surface area contributed by atoms with E-state index in [1.54, 1.807) is 12.2 Å². The summed E-state index contributed by atoms with van der Waals surface area (Å²) in [6, 6.07) is 15.8. The van der Waals surface area contributed by atoms with E-state index in [0.717, 1.165) is 26.2 Å². The van der Waals surface area contributed by atoms with Gasteiger partial charge >= 0.3 is 0 Å². The van der Waals surface area contributed by atoms with Crippen LogP contribution in [0.2, 0.25) is 0 Å². The van der Waals surface area contributed by atoms with Crippen LogP contribution in [0.1, 0.15) is 11.5 Å². The Labute approximate surface area is 177 Å². The summed E-state index contributed by atoms with van der Waals surface area (Å²) in [5.74, 6) is 0.0178. The normalized spacial score (nSPS) is 14.2. The number of nitrogens with one attached hydrogen (secondary N) is 2. The minimum Gasteiger partial charge on any atom is -0.348 e. The molecule has 2 aromatic carbocycles. The van der Waals surface area contributed by atoms with E-state index in [2.05, 4.69) is 44.1 Å². The van der Waals surface area contributed by atoms with Crippen molar-refractivity contribution in [2.24, 2.45) is 4.99 Å². The molecule has 2 aromatic rings. The van der Waals surface area contributed by atoms with Crippen molar-refractivity contribution >= 4 is 45.3 Å². The van der Waals surface area contributed by atoms with E-state index in [1.165, 1.54) is 11.9 Å². The third-order valence-electron chi connectivity index (χ3n) is 4.24. The van der Waals surface area contributed by atoms with Crippen LogP contribution < -0.4 is 10.0 Å². The highest BCUT2D eigenvalue weighted by Crippen LogP contribution is 2.33. The molecule has 0 radical (unpaired) electrons. The molecule has 3 rings (SSSR count). The second-order valence-corrected chi connectivity index (χ2v) is 7.82. The summed E-state index contributed by atoms with van der Waals surface area (Å²) in [4.78, 5) is 18.1. The third-order valence-corrected chi connectivity index (χ3v) is 5.58. The molecule has 1 amide bonds. The molecule has 1 unspecified atom stereocenters. The summed E-state index contributed by atoms with van der Waals surface area (Å²) in [6.45, 7) is 8.10. The number of nitrogens with zero attached hydrogens (tertiary/aromatic N) is 1. The van der Waals surface area contributed by atoms with Crippen LogP contribution in [0.5, 0.6) is 0 Å². The zero-order valence-corrected chi connectivity index (χ0v) is 17.6. The van der Waals surface area contributed by atoms with E-state index < -0.39 is 0 Å². The molecule has 4 nitrogen and oxygen atoms in total. The molecule has 1 atom stereocenters. The first kappa shape index (κ1) is 20.2. The van der Waals surface area contributed by atoms with Crippen molar-refractivity contribution in [2.75, 3.05) is 6.54 Å². The van der Waals surface area contributed by atoms with Crippen LogP contribution in [0.15, 0.2) is 99.9 Å². The summed E-state index contributed by atoms with van der Waals surface area (Å²) in [7, 11) is 0. The highest BCUT2D eigenvalue weighted by atomic mass is 79.9. The Balaban J connectivity index is 1.77. The van der Waals surface area contributed by atoms with Crippen molar-refractivity contribution < 1.29 is 4.79 Å². The van der Waals surface area contributed by atoms with Gasteiger partial charge in [0.1, 0.15) is 0 Å². The van der Waals surface area contributed by atoms with E-state index in [4.69, 9.17) is 0 Å². The van der Waals surface area contributed by atoms with Crippen molar-refractivity contribution in [1.29, 1.82) is 0 Å². The minimum absolute atomic E-state index is 0.0271. The van der Waals surface area contributed by atoms with Gasteiger partial charge in [-0.15, -0.1) is 0 Å². The van der Waals surface area contributed by atoms with Crippen molar-refractivity contribution in [3.63, 3.8) is 0 Å². The second-order valence-electron chi connectivity index (χ2n) is 6.06. The van der Waals surface area contributed by atoms with Gasteiger partial charge in [0, 0.05) is 16.9 Å². The van der Waals surface area contributed by atoms with E-state index in [9.17, 15) is 4.79 Å². The standard InChI is InChI=1S/C22H20BrN3OS/c1-3-8-15(4-2)18(16-9-6-5-7-10-16)14-24-22(27)21-25-19-12-11-17(23)13-20(19)28-26-21/h3-13,18H,1-2,14H2,(H,24,27)(H,25,26)/b15-8+. The maximum absolute atomic E-state index is 12.7. The number of allylic oxidation sites excluding steroid dienone is 3. The van der Waals surface area contributed by atoms with Crippen LogP contribution in [0.25, 0.3) is 0 Å². The van der Waals surface area contributed by atoms with Crippen molar-refractivity contribution in [3.8, 4) is 0 Å². The lowest BCUT2D eigenvalue weighted by Gasteiger charge is -2.21. The smallest absolute Gasteiger partial charge is 0.287 e. The Hall–Kier alpha value is -2.57. The molecule has 1 aliphatic rings. The summed E-state index contributed by atoms with van der Waals surface area (Å²) in [5.41, 5.74) is 2.86. The maximum Gasteiger partial charge on any atom is 0.287 e. The van der Waals surface area contributed by atoms with E-state index >= 15 is 0 Å². The fraction of sp³-hybridized carbons (Fsp3) is 0.0909. The van der Waals surface area contributed by atoms with Gasteiger partial charge in [0.2, 0.25) is 5.84 Å². The summed E-state index contributed by atoms with van der Waals surface area (Å²) >= 11 is 4.82. The Morgan fingerprint density at radius 1 is 1.25 bits per heavy atom. The lowest BCUT2D eigenvalue weighted by molar-refractivity contribution is -0.114. The molecule has 6 heteroatoms. The molecular weight excluding hydrogens is 434 g/mol. The number of amidine groups is 1. The molecule has 1 aliphatic heterocycles. The molecule has 0 saturated carbocycles. The number of aliphatic imine (C=N–C) groups is 1. The molecule has 142 valence electrons. The molecule has 0 aromatic heterocycles. The number of carbonyl (C=O) groups is 1. The minimum atomic E-state index is -0.246. The molecule has 0 bridgehead atoms. The third kappa shape index (κ3) is 4.82. The topological polar surface area (TPSA) is 53.5 Å². The largest absolute Gasteiger partial charge is 0.348 e. The predicted octanol–water partition coefficient (Wildman–Crippen LogP) is 5.29. The number of hydrogen-bond donors (Lipinski definition) is 2. The Morgan fingerprint density at radius 2 is 2.04 bits per heavy atom. The number of rotatable bonds is 7. The first-order chi connectivity index (χ1) is 13.6. The summed E-state index contributed by atoms with van der Waals surface area (Å²) in [5, 5.41) is 2.99. The molecule has 28 heavy (non-hydrogen) atoms. The van der Waals surface area contributed by atoms with Gasteiger partial charge in [-0.25, -0.2) is 4.99 Å². The van der Waals surface area contributed by atoms with Gasteiger partial charge < -0.3 is 10.0 Å². The van der Waals surface area contributed by atoms with Crippen LogP contribution in [-0.2, 0) is 4.79 Å². The highest BCUT2D eigenvalue weighted by molar-refractivity contribution is 9.10. The Kier molecular flexibility index (Phi) is 6.90. The zero-order chi connectivity index (χ0) is 19.9. The van der Waals surface area contributed by atoms with Crippen LogP contribution in [0.4, 0.5) is 5.69 Å². The second kappa shape index (κ2) is 9.57. The Morgan fingerprint density at radius 3 is 2.75 bits per heavy atom. The number of benzene rings is 2. The molecule has 0 fully saturated rings. The average molecular weight is 454 g/mol. The van der Waals surface area contributed by atoms with Gasteiger partial charge in [-0.1, -0.05) is 77.6 Å². The van der Waals surface area contributed by atoms with Crippen LogP contribution in [0.3, 0.4) is 0 Å². The van der Waals surface area contributed by atoms with Crippen LogP contribution in [-0.4, -0.2) is 18.3 Å². The van der Waals surface area contributed by atoms with Crippen molar-refractivity contribution in [1.82, 2.24) is 10.0 Å². The number of amides is 1. The monoisotopic (exact) mass is 453 g/mol. The summed E-state index contributed by atoms with van der Waals surface area (Å²) < 4.78 is 3.99. The van der Waals surface area contributed by atoms with Gasteiger partial charge in [-0.3, -0.25) is 4.79 Å². The van der Waals surface area contributed by atoms with Crippen LogP contribution in [0, 0.1) is 0 Å². The van der Waals surface area contributed by atoms with E-state index in [1.807, 2.05) is 54.6 Å². The van der Waals surface area contributed by atoms with Crippen molar-refractivity contribution in [3.05, 3.63) is 95.5 Å². The molecule has 0 spiro atoms. The average Bonchev–Trinajstić information content (AvgIpc) is 2.73. The van der Waals surface area contributed by atoms with Gasteiger partial charge in [0.25, 0.3) is 5.91 Å². The number of carbonyl (C=O) groups excluding carboxylic acids is 1. The molecule has 1 heterocycles. The fourth-order valence-electron chi connectivity index (χ4n) is 2.86. The summed E-state index contributed by atoms with van der Waals surface area (Å²) in [6.07, 6.45) is 5.44. The molecule has 0 aliphatic carbocycles. The Bertz CT molecular complexity index is 954. The first-order valence-electron chi connectivity index (χ1n) is 8.71. The van der Waals surface area contributed by atoms with Gasteiger partial charge in [-0.05, 0) is 41.3 Å². The molecular formula is C22H20BrN3OS. The highest BCUT2D eigenvalue weighted by Gasteiger charge is 2.21. The van der Waals surface area contributed by atoms with Gasteiger partial charge in [-0.2, -0.15) is 0 Å². The SMILES string of the molecule is C=C/C=C(\C=C)C(CNC(=O)C1=Nc2ccc(Br)cc2SN1)c1ccccc1. The van der Waals surface area contributed by atoms with Crippen LogP contribution >= 0.6 is 27.9 Å². The molecule has 0 saturated heterocycles. The maximum atomic E-state index is 12.7. The zero-order valence-electron chi connectivity index (χ0n) is 15.2. The molecule has 2 N–H and O–H groups in total. The van der Waals surface area contributed by atoms with E-state index in [-0.39, 0.29) is 11.8 Å². The van der Waals surface area contributed by atoms with Gasteiger partial charge in [0.05, 0.1) is 10.6 Å². The van der Waals surface area contributed by atoms with E-state index in [0.29, 0.717) is 12.4 Å². The first-order valence-corrected chi connectivity index (χ1v) is 10.3.